The first-order valence-corrected chi connectivity index (χ1v) is 8.34. The molecule has 3 nitrogen and oxygen atoms in total. The van der Waals surface area contributed by atoms with Gasteiger partial charge in [0.1, 0.15) is 5.75 Å². The Morgan fingerprint density at radius 3 is 2.28 bits per heavy atom. The molecule has 2 aromatic carbocycles. The van der Waals surface area contributed by atoms with Crippen LogP contribution in [0.15, 0.2) is 48.5 Å². The van der Waals surface area contributed by atoms with Gasteiger partial charge in [0.2, 0.25) is 5.91 Å². The van der Waals surface area contributed by atoms with Crippen molar-refractivity contribution >= 4 is 17.5 Å². The van der Waals surface area contributed by atoms with Crippen molar-refractivity contribution in [2.75, 3.05) is 7.05 Å². The van der Waals surface area contributed by atoms with Gasteiger partial charge in [-0.15, -0.1) is 0 Å². The highest BCUT2D eigenvalue weighted by Gasteiger charge is 2.10. The maximum Gasteiger partial charge on any atom is 0.387 e. The zero-order chi connectivity index (χ0) is 18.2. The first kappa shape index (κ1) is 19.2. The molecule has 0 atom stereocenters. The van der Waals surface area contributed by atoms with Crippen molar-refractivity contribution in [2.45, 2.75) is 32.4 Å². The van der Waals surface area contributed by atoms with E-state index in [9.17, 15) is 13.6 Å². The standard InChI is InChI=1S/C19H20ClF2NO2/c1-23(13-15-7-11-17(12-8-15)25-19(21)22)18(24)4-2-3-14-5-9-16(20)10-6-14/h5-12,19H,2-4,13H2,1H3. The van der Waals surface area contributed by atoms with Gasteiger partial charge in [-0.05, 0) is 48.2 Å². The van der Waals surface area contributed by atoms with Crippen LogP contribution in [-0.2, 0) is 17.8 Å². The van der Waals surface area contributed by atoms with E-state index >= 15 is 0 Å². The van der Waals surface area contributed by atoms with Crippen LogP contribution in [0.2, 0.25) is 5.02 Å². The third-order valence-electron chi connectivity index (χ3n) is 3.76. The van der Waals surface area contributed by atoms with Crippen LogP contribution in [-0.4, -0.2) is 24.5 Å². The first-order valence-electron chi connectivity index (χ1n) is 7.96. The van der Waals surface area contributed by atoms with Crippen molar-refractivity contribution in [2.24, 2.45) is 0 Å². The molecule has 0 saturated carbocycles. The van der Waals surface area contributed by atoms with Gasteiger partial charge in [0.25, 0.3) is 0 Å². The molecule has 0 heterocycles. The number of aryl methyl sites for hydroxylation is 1. The highest BCUT2D eigenvalue weighted by Crippen LogP contribution is 2.16. The van der Waals surface area contributed by atoms with Gasteiger partial charge in [0.05, 0.1) is 0 Å². The van der Waals surface area contributed by atoms with Crippen molar-refractivity contribution in [1.82, 2.24) is 4.90 Å². The summed E-state index contributed by atoms with van der Waals surface area (Å²) in [5, 5.41) is 0.699. The average Bonchev–Trinajstić information content (AvgIpc) is 2.58. The molecule has 0 radical (unpaired) electrons. The number of hydrogen-bond donors (Lipinski definition) is 0. The van der Waals surface area contributed by atoms with Gasteiger partial charge >= 0.3 is 6.61 Å². The Morgan fingerprint density at radius 1 is 1.08 bits per heavy atom. The predicted octanol–water partition coefficient (Wildman–Crippen LogP) is 4.92. The first-order chi connectivity index (χ1) is 11.9. The molecule has 0 saturated heterocycles. The summed E-state index contributed by atoms with van der Waals surface area (Å²) in [7, 11) is 1.73. The molecule has 0 aliphatic rings. The van der Waals surface area contributed by atoms with Crippen LogP contribution < -0.4 is 4.74 Å². The third-order valence-corrected chi connectivity index (χ3v) is 4.02. The molecule has 2 aromatic rings. The van der Waals surface area contributed by atoms with Crippen LogP contribution in [0.4, 0.5) is 8.78 Å². The van der Waals surface area contributed by atoms with Crippen molar-refractivity contribution in [1.29, 1.82) is 0 Å². The van der Waals surface area contributed by atoms with Crippen LogP contribution in [0.3, 0.4) is 0 Å². The summed E-state index contributed by atoms with van der Waals surface area (Å²) in [6.45, 7) is -2.41. The average molecular weight is 368 g/mol. The van der Waals surface area contributed by atoms with E-state index in [1.54, 1.807) is 24.1 Å². The zero-order valence-electron chi connectivity index (χ0n) is 13.9. The van der Waals surface area contributed by atoms with Gasteiger partial charge < -0.3 is 9.64 Å². The fourth-order valence-corrected chi connectivity index (χ4v) is 2.55. The summed E-state index contributed by atoms with van der Waals surface area (Å²) in [5.74, 6) is 0.151. The Morgan fingerprint density at radius 2 is 1.68 bits per heavy atom. The highest BCUT2D eigenvalue weighted by molar-refractivity contribution is 6.30. The lowest BCUT2D eigenvalue weighted by Gasteiger charge is -2.17. The fraction of sp³-hybridized carbons (Fsp3) is 0.316. The van der Waals surface area contributed by atoms with Crippen LogP contribution in [0.5, 0.6) is 5.75 Å². The fourth-order valence-electron chi connectivity index (χ4n) is 2.42. The van der Waals surface area contributed by atoms with E-state index in [2.05, 4.69) is 4.74 Å². The molecule has 25 heavy (non-hydrogen) atoms. The molecular formula is C19H20ClF2NO2. The smallest absolute Gasteiger partial charge is 0.387 e. The van der Waals surface area contributed by atoms with E-state index in [1.807, 2.05) is 24.3 Å². The molecule has 0 aliphatic carbocycles. The molecule has 0 aliphatic heterocycles. The molecule has 0 N–H and O–H groups in total. The number of hydrogen-bond acceptors (Lipinski definition) is 2. The van der Waals surface area contributed by atoms with E-state index in [1.165, 1.54) is 12.1 Å². The topological polar surface area (TPSA) is 29.5 Å². The van der Waals surface area contributed by atoms with Crippen LogP contribution >= 0.6 is 11.6 Å². The minimum absolute atomic E-state index is 0.0434. The molecule has 1 amide bonds. The highest BCUT2D eigenvalue weighted by atomic mass is 35.5. The Hall–Kier alpha value is -2.14. The number of carbonyl (C=O) groups excluding carboxylic acids is 1. The van der Waals surface area contributed by atoms with E-state index in [0.29, 0.717) is 18.0 Å². The summed E-state index contributed by atoms with van der Waals surface area (Å²) < 4.78 is 28.5. The lowest BCUT2D eigenvalue weighted by atomic mass is 10.1. The second-order valence-corrected chi connectivity index (χ2v) is 6.19. The Kier molecular flexibility index (Phi) is 7.19. The number of nitrogens with zero attached hydrogens (tertiary/aromatic N) is 1. The monoisotopic (exact) mass is 367 g/mol. The van der Waals surface area contributed by atoms with Crippen LogP contribution in [0, 0.1) is 0 Å². The molecule has 2 rings (SSSR count). The number of benzene rings is 2. The summed E-state index contributed by atoms with van der Waals surface area (Å²) in [4.78, 5) is 13.8. The Bertz CT molecular complexity index is 675. The Balaban J connectivity index is 1.76. The molecule has 0 fully saturated rings. The number of halogens is 3. The number of alkyl halides is 2. The number of amides is 1. The normalized spacial score (nSPS) is 10.8. The molecule has 0 bridgehead atoms. The third kappa shape index (κ3) is 6.70. The van der Waals surface area contributed by atoms with Gasteiger partial charge in [-0.1, -0.05) is 35.9 Å². The molecule has 0 unspecified atom stereocenters. The predicted molar refractivity (Wildman–Crippen MR) is 93.9 cm³/mol. The van der Waals surface area contributed by atoms with Crippen LogP contribution in [0.1, 0.15) is 24.0 Å². The summed E-state index contributed by atoms with van der Waals surface area (Å²) >= 11 is 5.84. The molecule has 134 valence electrons. The van der Waals surface area contributed by atoms with Crippen molar-refractivity contribution in [3.8, 4) is 5.75 Å². The summed E-state index contributed by atoms with van der Waals surface area (Å²) in [6.07, 6.45) is 2.02. The molecule has 0 spiro atoms. The number of rotatable bonds is 8. The number of carbonyl (C=O) groups is 1. The Labute approximate surface area is 151 Å². The van der Waals surface area contributed by atoms with E-state index in [0.717, 1.165) is 24.0 Å². The lowest BCUT2D eigenvalue weighted by Crippen LogP contribution is -2.25. The maximum absolute atomic E-state index is 12.2. The quantitative estimate of drug-likeness (QED) is 0.662. The van der Waals surface area contributed by atoms with Crippen molar-refractivity contribution in [3.05, 3.63) is 64.7 Å². The largest absolute Gasteiger partial charge is 0.435 e. The van der Waals surface area contributed by atoms with Crippen LogP contribution in [0.25, 0.3) is 0 Å². The van der Waals surface area contributed by atoms with E-state index in [-0.39, 0.29) is 11.7 Å². The molecule has 6 heteroatoms. The van der Waals surface area contributed by atoms with E-state index < -0.39 is 6.61 Å². The minimum Gasteiger partial charge on any atom is -0.435 e. The SMILES string of the molecule is CN(Cc1ccc(OC(F)F)cc1)C(=O)CCCc1ccc(Cl)cc1. The van der Waals surface area contributed by atoms with Gasteiger partial charge in [-0.2, -0.15) is 8.78 Å². The van der Waals surface area contributed by atoms with Gasteiger partial charge in [0, 0.05) is 25.0 Å². The van der Waals surface area contributed by atoms with E-state index in [4.69, 9.17) is 11.6 Å². The van der Waals surface area contributed by atoms with Crippen molar-refractivity contribution < 1.29 is 18.3 Å². The minimum atomic E-state index is -2.84. The summed E-state index contributed by atoms with van der Waals surface area (Å²) in [6, 6.07) is 13.9. The zero-order valence-corrected chi connectivity index (χ0v) is 14.7. The maximum atomic E-state index is 12.2. The van der Waals surface area contributed by atoms with Gasteiger partial charge in [-0.3, -0.25) is 4.79 Å². The van der Waals surface area contributed by atoms with Crippen molar-refractivity contribution in [3.63, 3.8) is 0 Å². The molecule has 0 aromatic heterocycles. The second kappa shape index (κ2) is 9.37. The lowest BCUT2D eigenvalue weighted by molar-refractivity contribution is -0.130. The van der Waals surface area contributed by atoms with Gasteiger partial charge in [0.15, 0.2) is 0 Å². The number of ether oxygens (including phenoxy) is 1. The summed E-state index contributed by atoms with van der Waals surface area (Å²) in [5.41, 5.74) is 2.00. The second-order valence-electron chi connectivity index (χ2n) is 5.75. The van der Waals surface area contributed by atoms with Gasteiger partial charge in [-0.25, -0.2) is 0 Å². The molecular weight excluding hydrogens is 348 g/mol.